The number of benzene rings is 1. The Morgan fingerprint density at radius 2 is 2.10 bits per heavy atom. The van der Waals surface area contributed by atoms with Crippen LogP contribution in [0, 0.1) is 24.0 Å². The fraction of sp³-hybridized carbons (Fsp3) is 0.462. The highest BCUT2D eigenvalue weighted by Gasteiger charge is 2.28. The van der Waals surface area contributed by atoms with Gasteiger partial charge in [0.25, 0.3) is 0 Å². The van der Waals surface area contributed by atoms with Gasteiger partial charge in [0, 0.05) is 12.5 Å². The molecule has 0 fully saturated rings. The molecular weight excluding hydrogens is 264 g/mol. The average molecular weight is 282 g/mol. The van der Waals surface area contributed by atoms with Gasteiger partial charge in [-0.1, -0.05) is 6.07 Å². The Morgan fingerprint density at radius 3 is 2.60 bits per heavy atom. The van der Waals surface area contributed by atoms with Crippen LogP contribution in [0.15, 0.2) is 12.1 Å². The zero-order chi connectivity index (χ0) is 15.5. The number of rotatable bonds is 6. The number of hydrogen-bond donors (Lipinski definition) is 2. The van der Waals surface area contributed by atoms with Gasteiger partial charge in [-0.15, -0.1) is 0 Å². The Balaban J connectivity index is 2.88. The van der Waals surface area contributed by atoms with Crippen molar-refractivity contribution in [3.63, 3.8) is 0 Å². The van der Waals surface area contributed by atoms with Crippen molar-refractivity contribution < 1.29 is 19.6 Å². The molecule has 110 valence electrons. The van der Waals surface area contributed by atoms with E-state index in [4.69, 9.17) is 15.6 Å². The van der Waals surface area contributed by atoms with E-state index in [1.807, 2.05) is 0 Å². The molecule has 0 spiro atoms. The van der Waals surface area contributed by atoms with E-state index in [2.05, 4.69) is 0 Å². The average Bonchev–Trinajstić information content (AvgIpc) is 2.30. The molecule has 0 heterocycles. The summed E-state index contributed by atoms with van der Waals surface area (Å²) in [4.78, 5) is 21.3. The van der Waals surface area contributed by atoms with Crippen LogP contribution in [0.1, 0.15) is 24.5 Å². The first-order chi connectivity index (χ1) is 9.15. The predicted octanol–water partition coefficient (Wildman–Crippen LogP) is 1.78. The summed E-state index contributed by atoms with van der Waals surface area (Å²) in [6, 6.07) is 3.18. The second-order valence-corrected chi connectivity index (χ2v) is 5.01. The number of carboxylic acid groups (broad SMARTS) is 1. The quantitative estimate of drug-likeness (QED) is 0.607. The van der Waals surface area contributed by atoms with Gasteiger partial charge < -0.3 is 15.6 Å². The Morgan fingerprint density at radius 1 is 1.50 bits per heavy atom. The number of ether oxygens (including phenoxy) is 1. The second-order valence-electron chi connectivity index (χ2n) is 5.01. The summed E-state index contributed by atoms with van der Waals surface area (Å²) in [5, 5.41) is 19.9. The fourth-order valence-electron chi connectivity index (χ4n) is 1.73. The Hall–Kier alpha value is -2.15. The molecule has 1 aromatic carbocycles. The molecule has 0 saturated carbocycles. The van der Waals surface area contributed by atoms with Crippen molar-refractivity contribution in [2.75, 3.05) is 6.61 Å². The van der Waals surface area contributed by atoms with Crippen LogP contribution in [0.2, 0.25) is 0 Å². The molecule has 0 aliphatic carbocycles. The molecule has 0 radical (unpaired) electrons. The van der Waals surface area contributed by atoms with Gasteiger partial charge in [-0.3, -0.25) is 14.9 Å². The Kier molecular flexibility index (Phi) is 4.67. The molecule has 0 aliphatic rings. The molecule has 0 aromatic heterocycles. The molecule has 7 nitrogen and oxygen atoms in total. The fourth-order valence-corrected chi connectivity index (χ4v) is 1.73. The normalized spacial score (nSPS) is 13.6. The van der Waals surface area contributed by atoms with Gasteiger partial charge in [0.2, 0.25) is 0 Å². The van der Waals surface area contributed by atoms with E-state index in [1.165, 1.54) is 13.0 Å². The molecule has 1 aromatic rings. The third-order valence-electron chi connectivity index (χ3n) is 2.95. The molecule has 0 saturated heterocycles. The van der Waals surface area contributed by atoms with E-state index in [0.29, 0.717) is 5.56 Å². The van der Waals surface area contributed by atoms with Crippen LogP contribution in [0.25, 0.3) is 0 Å². The minimum atomic E-state index is -1.42. The minimum Gasteiger partial charge on any atom is -0.487 e. The molecule has 0 amide bonds. The van der Waals surface area contributed by atoms with Gasteiger partial charge in [-0.25, -0.2) is 0 Å². The largest absolute Gasteiger partial charge is 0.487 e. The lowest BCUT2D eigenvalue weighted by atomic mass is 10.0. The van der Waals surface area contributed by atoms with Gasteiger partial charge in [-0.2, -0.15) is 0 Å². The highest BCUT2D eigenvalue weighted by molar-refractivity contribution is 5.77. The van der Waals surface area contributed by atoms with Crippen LogP contribution < -0.4 is 10.5 Å². The number of aliphatic carboxylic acids is 1. The zero-order valence-corrected chi connectivity index (χ0v) is 11.7. The van der Waals surface area contributed by atoms with Gasteiger partial charge in [-0.05, 0) is 31.9 Å². The van der Waals surface area contributed by atoms with Gasteiger partial charge >= 0.3 is 11.7 Å². The van der Waals surface area contributed by atoms with Crippen molar-refractivity contribution in [2.24, 2.45) is 5.73 Å². The lowest BCUT2D eigenvalue weighted by molar-refractivity contribution is -0.386. The number of nitrogens with zero attached hydrogens (tertiary/aromatic N) is 1. The van der Waals surface area contributed by atoms with Crippen molar-refractivity contribution in [1.82, 2.24) is 0 Å². The van der Waals surface area contributed by atoms with Gasteiger partial charge in [0.1, 0.15) is 5.54 Å². The van der Waals surface area contributed by atoms with Crippen LogP contribution in [0.3, 0.4) is 0 Å². The molecule has 20 heavy (non-hydrogen) atoms. The molecule has 3 N–H and O–H groups in total. The summed E-state index contributed by atoms with van der Waals surface area (Å²) in [6.07, 6.45) is 0.0484. The number of carbonyl (C=O) groups is 1. The lowest BCUT2D eigenvalue weighted by Gasteiger charge is -2.19. The Bertz CT molecular complexity index is 540. The molecule has 0 aliphatic heterocycles. The molecule has 1 rings (SSSR count). The van der Waals surface area contributed by atoms with Crippen molar-refractivity contribution in [1.29, 1.82) is 0 Å². The SMILES string of the molecule is Cc1cc(C)c(OCCC(C)(N)C(=O)O)c([N+](=O)[O-])c1. The number of carboxylic acids is 1. The third-order valence-corrected chi connectivity index (χ3v) is 2.95. The van der Waals surface area contributed by atoms with Crippen LogP contribution in [0.5, 0.6) is 5.75 Å². The van der Waals surface area contributed by atoms with E-state index in [9.17, 15) is 14.9 Å². The summed E-state index contributed by atoms with van der Waals surface area (Å²) >= 11 is 0. The van der Waals surface area contributed by atoms with E-state index >= 15 is 0 Å². The number of nitrogens with two attached hydrogens (primary N) is 1. The minimum absolute atomic E-state index is 0.00988. The van der Waals surface area contributed by atoms with Crippen molar-refractivity contribution in [3.8, 4) is 5.75 Å². The first-order valence-corrected chi connectivity index (χ1v) is 6.06. The van der Waals surface area contributed by atoms with Crippen LogP contribution in [-0.2, 0) is 4.79 Å². The first-order valence-electron chi connectivity index (χ1n) is 6.06. The summed E-state index contributed by atoms with van der Waals surface area (Å²) in [5.41, 5.74) is 5.41. The van der Waals surface area contributed by atoms with Gasteiger partial charge in [0.05, 0.1) is 11.5 Å². The second kappa shape index (κ2) is 5.87. The Labute approximate surface area is 116 Å². The highest BCUT2D eigenvalue weighted by atomic mass is 16.6. The van der Waals surface area contributed by atoms with Crippen LogP contribution in [0.4, 0.5) is 5.69 Å². The van der Waals surface area contributed by atoms with Crippen LogP contribution in [-0.4, -0.2) is 28.1 Å². The van der Waals surface area contributed by atoms with E-state index in [1.54, 1.807) is 19.9 Å². The van der Waals surface area contributed by atoms with Crippen molar-refractivity contribution in [2.45, 2.75) is 32.7 Å². The van der Waals surface area contributed by atoms with E-state index in [0.717, 1.165) is 5.56 Å². The smallest absolute Gasteiger partial charge is 0.323 e. The maximum atomic E-state index is 11.0. The molecule has 1 atom stereocenters. The summed E-state index contributed by atoms with van der Waals surface area (Å²) in [5.74, 6) is -0.988. The third kappa shape index (κ3) is 3.67. The number of nitro benzene ring substituents is 1. The summed E-state index contributed by atoms with van der Waals surface area (Å²) < 4.78 is 5.39. The summed E-state index contributed by atoms with van der Waals surface area (Å²) in [6.45, 7) is 4.82. The number of hydrogen-bond acceptors (Lipinski definition) is 5. The molecule has 0 bridgehead atoms. The zero-order valence-electron chi connectivity index (χ0n) is 11.7. The molecule has 1 unspecified atom stereocenters. The van der Waals surface area contributed by atoms with E-state index in [-0.39, 0.29) is 24.5 Å². The lowest BCUT2D eigenvalue weighted by Crippen LogP contribution is -2.45. The van der Waals surface area contributed by atoms with Gasteiger partial charge in [0.15, 0.2) is 5.75 Å². The first kappa shape index (κ1) is 15.9. The number of nitro groups is 1. The predicted molar refractivity (Wildman–Crippen MR) is 72.9 cm³/mol. The van der Waals surface area contributed by atoms with Crippen LogP contribution >= 0.6 is 0 Å². The maximum Gasteiger partial charge on any atom is 0.323 e. The summed E-state index contributed by atoms with van der Waals surface area (Å²) in [7, 11) is 0. The molecular formula is C13H18N2O5. The molecule has 7 heteroatoms. The highest BCUT2D eigenvalue weighted by Crippen LogP contribution is 2.32. The van der Waals surface area contributed by atoms with E-state index < -0.39 is 16.4 Å². The number of aryl methyl sites for hydroxylation is 2. The standard InChI is InChI=1S/C13H18N2O5/c1-8-6-9(2)11(10(7-8)15(18)19)20-5-4-13(3,14)12(16)17/h6-7H,4-5,14H2,1-3H3,(H,16,17). The van der Waals surface area contributed by atoms with Crippen molar-refractivity contribution in [3.05, 3.63) is 33.4 Å². The van der Waals surface area contributed by atoms with Crippen molar-refractivity contribution >= 4 is 11.7 Å². The topological polar surface area (TPSA) is 116 Å². The maximum absolute atomic E-state index is 11.0. The monoisotopic (exact) mass is 282 g/mol.